The van der Waals surface area contributed by atoms with E-state index in [2.05, 4.69) is 0 Å². The van der Waals surface area contributed by atoms with E-state index in [0.717, 1.165) is 0 Å². The maximum absolute atomic E-state index is 6.37. The SMILES string of the molecule is ClC1=C(Cl)C2(Cl)C(Cl)(Cl)C(Cl)=C(Cl)C2(Cl)C1(Cl)Cl. The minimum absolute atomic E-state index is 0.203. The molecule has 0 amide bonds. The van der Waals surface area contributed by atoms with Gasteiger partial charge in [-0.15, -0.1) is 23.2 Å². The van der Waals surface area contributed by atoms with Crippen LogP contribution in [0.15, 0.2) is 20.1 Å². The number of allylic oxidation sites excluding steroid dienone is 4. The molecule has 18 heavy (non-hydrogen) atoms. The highest BCUT2D eigenvalue weighted by atomic mass is 35.5. The summed E-state index contributed by atoms with van der Waals surface area (Å²) in [5.74, 6) is 0. The number of alkyl halides is 6. The van der Waals surface area contributed by atoms with Crippen molar-refractivity contribution in [3.05, 3.63) is 20.1 Å². The Labute approximate surface area is 153 Å². The molecule has 0 N–H and O–H groups in total. The molecular formula is C8Cl10. The number of rotatable bonds is 0. The fourth-order valence-corrected chi connectivity index (χ4v) is 6.35. The summed E-state index contributed by atoms with van der Waals surface area (Å²) in [6.07, 6.45) is 0. The zero-order valence-corrected chi connectivity index (χ0v) is 15.3. The minimum atomic E-state index is -1.92. The van der Waals surface area contributed by atoms with Gasteiger partial charge in [0.2, 0.25) is 0 Å². The van der Waals surface area contributed by atoms with Gasteiger partial charge in [0.05, 0.1) is 20.1 Å². The molecule has 0 saturated carbocycles. The second-order valence-electron chi connectivity index (χ2n) is 3.72. The van der Waals surface area contributed by atoms with Gasteiger partial charge in [-0.1, -0.05) is 92.8 Å². The maximum atomic E-state index is 6.37. The molecule has 10 heteroatoms. The predicted molar refractivity (Wildman–Crippen MR) is 83.5 cm³/mol. The molecule has 0 bridgehead atoms. The van der Waals surface area contributed by atoms with Crippen molar-refractivity contribution in [1.29, 1.82) is 0 Å². The first-order valence-electron chi connectivity index (χ1n) is 4.14. The van der Waals surface area contributed by atoms with Crippen molar-refractivity contribution in [2.75, 3.05) is 0 Å². The van der Waals surface area contributed by atoms with E-state index in [1.165, 1.54) is 0 Å². The van der Waals surface area contributed by atoms with E-state index in [1.54, 1.807) is 0 Å². The minimum Gasteiger partial charge on any atom is -0.107 e. The van der Waals surface area contributed by atoms with Crippen LogP contribution in [0.5, 0.6) is 0 Å². The molecule has 0 aromatic heterocycles. The van der Waals surface area contributed by atoms with Crippen LogP contribution >= 0.6 is 116 Å². The Hall–Kier alpha value is 2.38. The molecule has 102 valence electrons. The molecule has 0 aromatic carbocycles. The standard InChI is InChI=1S/C8Cl10/c9-1-3(11)7(15,16)6(14)2(10)4(12)8(17,18)5(1,6)13. The van der Waals surface area contributed by atoms with Crippen molar-refractivity contribution in [2.45, 2.75) is 18.4 Å². The first-order valence-corrected chi connectivity index (χ1v) is 7.92. The predicted octanol–water partition coefficient (Wildman–Crippen LogP) is 6.69. The number of hydrogen-bond acceptors (Lipinski definition) is 0. The van der Waals surface area contributed by atoms with Gasteiger partial charge in [0.1, 0.15) is 9.75 Å². The lowest BCUT2D eigenvalue weighted by molar-refractivity contribution is 0.572. The monoisotopic (exact) mass is 446 g/mol. The third kappa shape index (κ3) is 1.47. The van der Waals surface area contributed by atoms with Gasteiger partial charge in [0.25, 0.3) is 0 Å². The van der Waals surface area contributed by atoms with E-state index < -0.39 is 18.4 Å². The van der Waals surface area contributed by atoms with Crippen LogP contribution in [0.3, 0.4) is 0 Å². The third-order valence-electron chi connectivity index (χ3n) is 2.88. The zero-order valence-electron chi connectivity index (χ0n) is 7.78. The first kappa shape index (κ1) is 16.7. The molecule has 2 aliphatic carbocycles. The summed E-state index contributed by atoms with van der Waals surface area (Å²) in [7, 11) is 0. The quantitative estimate of drug-likeness (QED) is 0.361. The molecule has 2 unspecified atom stereocenters. The lowest BCUT2D eigenvalue weighted by Gasteiger charge is -2.40. The summed E-state index contributed by atoms with van der Waals surface area (Å²) in [5.41, 5.74) is 0. The Morgan fingerprint density at radius 2 is 0.667 bits per heavy atom. The molecule has 0 aliphatic heterocycles. The highest BCUT2D eigenvalue weighted by Gasteiger charge is 2.82. The van der Waals surface area contributed by atoms with Gasteiger partial charge in [0.15, 0.2) is 8.67 Å². The van der Waals surface area contributed by atoms with Gasteiger partial charge in [-0.3, -0.25) is 0 Å². The van der Waals surface area contributed by atoms with Crippen molar-refractivity contribution < 1.29 is 0 Å². The molecule has 2 rings (SSSR count). The summed E-state index contributed by atoms with van der Waals surface area (Å²) in [4.78, 5) is -3.75. The van der Waals surface area contributed by atoms with Crippen molar-refractivity contribution in [3.8, 4) is 0 Å². The van der Waals surface area contributed by atoms with E-state index >= 15 is 0 Å². The van der Waals surface area contributed by atoms with Crippen LogP contribution in [0.2, 0.25) is 0 Å². The van der Waals surface area contributed by atoms with Gasteiger partial charge in [0, 0.05) is 0 Å². The first-order chi connectivity index (χ1) is 7.88. The largest absolute Gasteiger partial charge is 0.180 e. The van der Waals surface area contributed by atoms with Crippen LogP contribution in [-0.4, -0.2) is 18.4 Å². The van der Waals surface area contributed by atoms with Crippen molar-refractivity contribution in [1.82, 2.24) is 0 Å². The third-order valence-corrected chi connectivity index (χ3v) is 9.43. The highest BCUT2D eigenvalue weighted by molar-refractivity contribution is 6.73. The molecular weight excluding hydrogens is 451 g/mol. The smallest absolute Gasteiger partial charge is 0.107 e. The van der Waals surface area contributed by atoms with Gasteiger partial charge in [-0.25, -0.2) is 0 Å². The van der Waals surface area contributed by atoms with Gasteiger partial charge in [-0.05, 0) is 0 Å². The van der Waals surface area contributed by atoms with Crippen LogP contribution in [0.4, 0.5) is 0 Å². The second-order valence-corrected chi connectivity index (χ2v) is 9.02. The van der Waals surface area contributed by atoms with Crippen molar-refractivity contribution in [3.63, 3.8) is 0 Å². The van der Waals surface area contributed by atoms with E-state index in [1.807, 2.05) is 0 Å². The van der Waals surface area contributed by atoms with Gasteiger partial charge in [-0.2, -0.15) is 0 Å². The Morgan fingerprint density at radius 1 is 0.444 bits per heavy atom. The molecule has 0 aromatic rings. The van der Waals surface area contributed by atoms with Crippen LogP contribution in [-0.2, 0) is 0 Å². The Kier molecular flexibility index (Phi) is 4.13. The summed E-state index contributed by atoms with van der Waals surface area (Å²) in [6, 6.07) is 0. The molecule has 2 atom stereocenters. The Morgan fingerprint density at radius 3 is 0.889 bits per heavy atom. The number of hydrogen-bond donors (Lipinski definition) is 0. The van der Waals surface area contributed by atoms with E-state index in [0.29, 0.717) is 0 Å². The van der Waals surface area contributed by atoms with Crippen molar-refractivity contribution >= 4 is 116 Å². The molecule has 2 aliphatic rings. The van der Waals surface area contributed by atoms with Crippen LogP contribution in [0, 0.1) is 0 Å². The normalized spacial score (nSPS) is 41.7. The van der Waals surface area contributed by atoms with E-state index in [-0.39, 0.29) is 20.1 Å². The van der Waals surface area contributed by atoms with Crippen LogP contribution in [0.1, 0.15) is 0 Å². The fraction of sp³-hybridized carbons (Fsp3) is 0.500. The zero-order chi connectivity index (χ0) is 14.3. The fourth-order valence-electron chi connectivity index (χ4n) is 1.89. The van der Waals surface area contributed by atoms with Gasteiger partial charge < -0.3 is 0 Å². The van der Waals surface area contributed by atoms with Crippen molar-refractivity contribution in [2.24, 2.45) is 0 Å². The maximum Gasteiger partial charge on any atom is 0.180 e. The molecule has 0 heterocycles. The van der Waals surface area contributed by atoms with Gasteiger partial charge >= 0.3 is 0 Å². The Bertz CT molecular complexity index is 456. The van der Waals surface area contributed by atoms with E-state index in [4.69, 9.17) is 116 Å². The topological polar surface area (TPSA) is 0 Å². The lowest BCUT2D eigenvalue weighted by atomic mass is 9.95. The summed E-state index contributed by atoms with van der Waals surface area (Å²) in [5, 5.41) is -0.815. The van der Waals surface area contributed by atoms with Crippen LogP contribution in [0.25, 0.3) is 0 Å². The van der Waals surface area contributed by atoms with Crippen LogP contribution < -0.4 is 0 Å². The molecule has 0 radical (unpaired) electrons. The molecule has 0 spiro atoms. The lowest BCUT2D eigenvalue weighted by Crippen LogP contribution is -2.55. The van der Waals surface area contributed by atoms with E-state index in [9.17, 15) is 0 Å². The second kappa shape index (κ2) is 4.44. The average molecular weight is 451 g/mol. The summed E-state index contributed by atoms with van der Waals surface area (Å²) in [6.45, 7) is 0. The Balaban J connectivity index is 2.89. The summed E-state index contributed by atoms with van der Waals surface area (Å²) >= 11 is 61.2. The highest BCUT2D eigenvalue weighted by Crippen LogP contribution is 2.77. The molecule has 0 fully saturated rings. The summed E-state index contributed by atoms with van der Waals surface area (Å²) < 4.78 is -3.84. The number of fused-ring (bicyclic) bond motifs is 1. The molecule has 0 nitrogen and oxygen atoms in total. The molecule has 0 saturated heterocycles. The number of halogens is 10. The average Bonchev–Trinajstić information content (AvgIpc) is 2.46.